The van der Waals surface area contributed by atoms with Crippen LogP contribution in [-0.2, 0) is 41.6 Å². The average molecular weight is 675 g/mol. The van der Waals surface area contributed by atoms with Gasteiger partial charge in [0.1, 0.15) is 18.0 Å². The summed E-state index contributed by atoms with van der Waals surface area (Å²) in [5.41, 5.74) is 0.187. The molecule has 1 aliphatic heterocycles. The van der Waals surface area contributed by atoms with Gasteiger partial charge in [-0.1, -0.05) is 17.3 Å². The molecule has 0 aliphatic carbocycles. The van der Waals surface area contributed by atoms with Crippen LogP contribution in [0.5, 0.6) is 0 Å². The maximum atomic E-state index is 13.2. The standard InChI is InChI=1S/C31H39FN6O10/c1-31(29(46)47,15-14-27(42)43)38-26(41)18-25(40)37(30(38)48)23(28(44)45)8-2-3-17-33-24(39)9-4-6-20-10-12-22(13-11-20)36-19-21(34-35-36)7-5-16-32/h10-13,19,23H,2-9,14-18H2,1H3,(H,33,39)(H,42,43)(H,44,45)(H,46,47)/t23-,31?/m0/s1. The van der Waals surface area contributed by atoms with Gasteiger partial charge in [0.15, 0.2) is 0 Å². The summed E-state index contributed by atoms with van der Waals surface area (Å²) in [5.74, 6) is -7.11. The molecule has 2 atom stereocenters. The zero-order chi connectivity index (χ0) is 35.4. The van der Waals surface area contributed by atoms with Crippen LogP contribution in [0, 0.1) is 0 Å². The van der Waals surface area contributed by atoms with Crippen LogP contribution in [0.25, 0.3) is 5.69 Å². The highest BCUT2D eigenvalue weighted by atomic mass is 19.1. The second-order valence-electron chi connectivity index (χ2n) is 11.6. The first-order valence-corrected chi connectivity index (χ1v) is 15.5. The number of carbonyl (C=O) groups is 7. The van der Waals surface area contributed by atoms with Crippen LogP contribution in [0.15, 0.2) is 30.5 Å². The molecule has 0 radical (unpaired) electrons. The molecule has 0 bridgehead atoms. The van der Waals surface area contributed by atoms with E-state index in [2.05, 4.69) is 15.6 Å². The quantitative estimate of drug-likeness (QED) is 0.117. The summed E-state index contributed by atoms with van der Waals surface area (Å²) in [7, 11) is 0. The number of hydrogen-bond donors (Lipinski definition) is 4. The van der Waals surface area contributed by atoms with Gasteiger partial charge in [-0.2, -0.15) is 0 Å². The lowest BCUT2D eigenvalue weighted by Crippen LogP contribution is -2.67. The summed E-state index contributed by atoms with van der Waals surface area (Å²) < 4.78 is 14.0. The second kappa shape index (κ2) is 17.1. The van der Waals surface area contributed by atoms with E-state index in [9.17, 15) is 48.2 Å². The van der Waals surface area contributed by atoms with Gasteiger partial charge >= 0.3 is 23.9 Å². The highest BCUT2D eigenvalue weighted by molar-refractivity contribution is 6.17. The number of imide groups is 2. The molecule has 0 spiro atoms. The second-order valence-corrected chi connectivity index (χ2v) is 11.6. The summed E-state index contributed by atoms with van der Waals surface area (Å²) in [4.78, 5) is 86.6. The Morgan fingerprint density at radius 1 is 0.958 bits per heavy atom. The van der Waals surface area contributed by atoms with Gasteiger partial charge in [-0.3, -0.25) is 23.6 Å². The van der Waals surface area contributed by atoms with Gasteiger partial charge in [0.25, 0.3) is 0 Å². The van der Waals surface area contributed by atoms with Crippen molar-refractivity contribution in [1.29, 1.82) is 0 Å². The topological polar surface area (TPSA) is 229 Å². The molecule has 260 valence electrons. The summed E-state index contributed by atoms with van der Waals surface area (Å²) in [6.07, 6.45) is 2.02. The molecule has 3 rings (SSSR count). The molecule has 1 fully saturated rings. The first-order chi connectivity index (χ1) is 22.8. The number of amides is 5. The number of aromatic nitrogens is 3. The van der Waals surface area contributed by atoms with Crippen LogP contribution in [0.1, 0.15) is 76.0 Å². The van der Waals surface area contributed by atoms with Crippen molar-refractivity contribution in [1.82, 2.24) is 30.1 Å². The Kier molecular flexibility index (Phi) is 13.3. The molecular formula is C31H39FN6O10. The Balaban J connectivity index is 1.46. The van der Waals surface area contributed by atoms with Crippen LogP contribution < -0.4 is 5.32 Å². The number of halogens is 1. The molecule has 4 N–H and O–H groups in total. The molecule has 2 heterocycles. The zero-order valence-electron chi connectivity index (χ0n) is 26.5. The number of rotatable bonds is 20. The molecule has 1 saturated heterocycles. The van der Waals surface area contributed by atoms with Crippen molar-refractivity contribution in [3.63, 3.8) is 0 Å². The lowest BCUT2D eigenvalue weighted by atomic mass is 9.92. The first kappa shape index (κ1) is 37.2. The Hall–Kier alpha value is -5.22. The molecule has 16 nitrogen and oxygen atoms in total. The maximum absolute atomic E-state index is 13.2. The molecule has 2 aromatic rings. The Labute approximate surface area is 274 Å². The number of carboxylic acids is 3. The largest absolute Gasteiger partial charge is 0.481 e. The fourth-order valence-electron chi connectivity index (χ4n) is 5.27. The molecule has 5 amide bonds. The van der Waals surface area contributed by atoms with E-state index in [0.29, 0.717) is 42.7 Å². The predicted octanol–water partition coefficient (Wildman–Crippen LogP) is 2.12. The van der Waals surface area contributed by atoms with E-state index in [0.717, 1.165) is 18.2 Å². The summed E-state index contributed by atoms with van der Waals surface area (Å²) in [5, 5.41) is 39.4. The molecule has 1 aromatic heterocycles. The number of alkyl halides is 1. The summed E-state index contributed by atoms with van der Waals surface area (Å²) in [6.45, 7) is 0.746. The van der Waals surface area contributed by atoms with E-state index in [4.69, 9.17) is 5.11 Å². The fourth-order valence-corrected chi connectivity index (χ4v) is 5.27. The number of carbonyl (C=O) groups excluding carboxylic acids is 4. The van der Waals surface area contributed by atoms with Crippen molar-refractivity contribution in [2.45, 2.75) is 89.1 Å². The van der Waals surface area contributed by atoms with Crippen molar-refractivity contribution in [2.75, 3.05) is 13.2 Å². The zero-order valence-corrected chi connectivity index (χ0v) is 26.5. The minimum absolute atomic E-state index is 0.160. The van der Waals surface area contributed by atoms with Gasteiger partial charge < -0.3 is 20.6 Å². The van der Waals surface area contributed by atoms with Crippen molar-refractivity contribution < 1.29 is 53.3 Å². The van der Waals surface area contributed by atoms with Crippen LogP contribution >= 0.6 is 0 Å². The van der Waals surface area contributed by atoms with Crippen LogP contribution in [-0.4, -0.2) is 107 Å². The minimum Gasteiger partial charge on any atom is -0.481 e. The number of unbranched alkanes of at least 4 members (excludes halogenated alkanes) is 1. The van der Waals surface area contributed by atoms with E-state index in [1.54, 1.807) is 10.9 Å². The number of nitrogens with zero attached hydrogens (tertiary/aromatic N) is 5. The van der Waals surface area contributed by atoms with Crippen LogP contribution in [0.3, 0.4) is 0 Å². The highest BCUT2D eigenvalue weighted by Crippen LogP contribution is 2.29. The van der Waals surface area contributed by atoms with Gasteiger partial charge in [0, 0.05) is 19.4 Å². The molecule has 48 heavy (non-hydrogen) atoms. The predicted molar refractivity (Wildman–Crippen MR) is 163 cm³/mol. The van der Waals surface area contributed by atoms with Crippen molar-refractivity contribution in [2.24, 2.45) is 0 Å². The Morgan fingerprint density at radius 3 is 2.29 bits per heavy atom. The van der Waals surface area contributed by atoms with Gasteiger partial charge in [0.05, 0.1) is 24.3 Å². The van der Waals surface area contributed by atoms with E-state index < -0.39 is 73.3 Å². The molecular weight excluding hydrogens is 635 g/mol. The number of carboxylic acid groups (broad SMARTS) is 3. The molecule has 1 aromatic carbocycles. The number of aryl methyl sites for hydroxylation is 2. The molecule has 1 unspecified atom stereocenters. The normalized spacial score (nSPS) is 15.2. The smallest absolute Gasteiger partial charge is 0.335 e. The molecule has 0 saturated carbocycles. The molecule has 1 aliphatic rings. The average Bonchev–Trinajstić information content (AvgIpc) is 3.50. The lowest BCUT2D eigenvalue weighted by Gasteiger charge is -2.42. The van der Waals surface area contributed by atoms with Crippen molar-refractivity contribution in [3.05, 3.63) is 41.7 Å². The van der Waals surface area contributed by atoms with Crippen molar-refractivity contribution in [3.8, 4) is 5.69 Å². The first-order valence-electron chi connectivity index (χ1n) is 15.5. The van der Waals surface area contributed by atoms with Crippen molar-refractivity contribution >= 4 is 41.7 Å². The van der Waals surface area contributed by atoms with E-state index in [-0.39, 0.29) is 36.6 Å². The van der Waals surface area contributed by atoms with Gasteiger partial charge in [-0.25, -0.2) is 28.9 Å². The number of benzene rings is 1. The number of urea groups is 1. The Bertz CT molecular complexity index is 1510. The van der Waals surface area contributed by atoms with Crippen LogP contribution in [0.2, 0.25) is 0 Å². The highest BCUT2D eigenvalue weighted by Gasteiger charge is 2.53. The number of nitrogens with one attached hydrogen (secondary N) is 1. The number of hydrogen-bond acceptors (Lipinski definition) is 9. The minimum atomic E-state index is -2.33. The lowest BCUT2D eigenvalue weighted by molar-refractivity contribution is -0.163. The van der Waals surface area contributed by atoms with Gasteiger partial charge in [-0.05, 0) is 76.0 Å². The van der Waals surface area contributed by atoms with Gasteiger partial charge in [-0.15, -0.1) is 5.10 Å². The third kappa shape index (κ3) is 9.65. The van der Waals surface area contributed by atoms with E-state index in [1.165, 1.54) is 0 Å². The number of aliphatic carboxylic acids is 3. The van der Waals surface area contributed by atoms with Crippen LogP contribution in [0.4, 0.5) is 9.18 Å². The third-order valence-electron chi connectivity index (χ3n) is 8.00. The SMILES string of the molecule is CC(CCC(=O)O)(C(=O)O)N1C(=O)CC(=O)N([C@@H](CCCCNC(=O)CCCc2ccc(-n3cc(CCCF)nn3)cc2)C(=O)O)C1=O. The number of barbiturate groups is 1. The van der Waals surface area contributed by atoms with E-state index in [1.807, 2.05) is 24.3 Å². The van der Waals surface area contributed by atoms with Gasteiger partial charge in [0.2, 0.25) is 17.7 Å². The third-order valence-corrected chi connectivity index (χ3v) is 8.00. The Morgan fingerprint density at radius 2 is 1.67 bits per heavy atom. The monoisotopic (exact) mass is 674 g/mol. The summed E-state index contributed by atoms with van der Waals surface area (Å²) >= 11 is 0. The fraction of sp³-hybridized carbons (Fsp3) is 0.516. The maximum Gasteiger partial charge on any atom is 0.335 e. The summed E-state index contributed by atoms with van der Waals surface area (Å²) in [6, 6.07) is 4.42. The van der Waals surface area contributed by atoms with E-state index >= 15 is 0 Å². The molecule has 17 heteroatoms.